The van der Waals surface area contributed by atoms with Crippen LogP contribution >= 0.6 is 15.9 Å². The first-order valence-electron chi connectivity index (χ1n) is 4.89. The van der Waals surface area contributed by atoms with Gasteiger partial charge in [0, 0.05) is 12.4 Å². The molecule has 2 aromatic heterocycles. The number of hydrogen-bond donors (Lipinski definition) is 0. The average molecular weight is 298 g/mol. The third-order valence-electron chi connectivity index (χ3n) is 2.31. The summed E-state index contributed by atoms with van der Waals surface area (Å²) < 4.78 is 14.8. The zero-order valence-corrected chi connectivity index (χ0v) is 10.6. The number of aromatic nitrogens is 3. The quantitative estimate of drug-likeness (QED) is 0.850. The second kappa shape index (κ2) is 4.75. The van der Waals surface area contributed by atoms with E-state index >= 15 is 0 Å². The number of aryl methyl sites for hydroxylation is 1. The van der Waals surface area contributed by atoms with E-state index in [9.17, 15) is 9.18 Å². The van der Waals surface area contributed by atoms with Crippen LogP contribution in [0.15, 0.2) is 33.9 Å². The first-order chi connectivity index (χ1) is 8.08. The van der Waals surface area contributed by atoms with Crippen LogP contribution < -0.4 is 5.56 Å². The molecule has 0 aliphatic rings. The molecule has 6 heteroatoms. The Hall–Kier alpha value is -1.56. The molecule has 0 unspecified atom stereocenters. The maximum atomic E-state index is 13.0. The molecule has 17 heavy (non-hydrogen) atoms. The van der Waals surface area contributed by atoms with Crippen molar-refractivity contribution in [1.82, 2.24) is 14.5 Å². The minimum atomic E-state index is -0.420. The van der Waals surface area contributed by atoms with Crippen molar-refractivity contribution in [2.75, 3.05) is 0 Å². The van der Waals surface area contributed by atoms with Crippen LogP contribution in [-0.2, 0) is 6.54 Å². The van der Waals surface area contributed by atoms with Crippen molar-refractivity contribution < 1.29 is 4.39 Å². The molecule has 0 radical (unpaired) electrons. The molecule has 4 nitrogen and oxygen atoms in total. The van der Waals surface area contributed by atoms with Gasteiger partial charge in [0.15, 0.2) is 0 Å². The minimum Gasteiger partial charge on any atom is -0.291 e. The second-order valence-corrected chi connectivity index (χ2v) is 4.41. The van der Waals surface area contributed by atoms with Crippen LogP contribution in [-0.4, -0.2) is 14.5 Å². The lowest BCUT2D eigenvalue weighted by Gasteiger charge is -2.09. The number of nitrogens with zero attached hydrogens (tertiary/aromatic N) is 3. The lowest BCUT2D eigenvalue weighted by Crippen LogP contribution is -2.24. The fraction of sp³-hybridized carbons (Fsp3) is 0.182. The van der Waals surface area contributed by atoms with E-state index in [4.69, 9.17) is 0 Å². The molecule has 0 atom stereocenters. The van der Waals surface area contributed by atoms with Gasteiger partial charge < -0.3 is 0 Å². The Balaban J connectivity index is 2.43. The van der Waals surface area contributed by atoms with Crippen molar-refractivity contribution in [1.29, 1.82) is 0 Å². The van der Waals surface area contributed by atoms with Crippen LogP contribution in [0.25, 0.3) is 0 Å². The van der Waals surface area contributed by atoms with Gasteiger partial charge in [0.1, 0.15) is 16.1 Å². The molecular formula is C11H9BrFN3O. The van der Waals surface area contributed by atoms with Gasteiger partial charge in [-0.1, -0.05) is 0 Å². The summed E-state index contributed by atoms with van der Waals surface area (Å²) in [5.41, 5.74) is 0.428. The van der Waals surface area contributed by atoms with Crippen molar-refractivity contribution in [2.24, 2.45) is 0 Å². The molecule has 2 rings (SSSR count). The molecule has 2 aromatic rings. The van der Waals surface area contributed by atoms with E-state index in [0.717, 1.165) is 6.20 Å². The lowest BCUT2D eigenvalue weighted by molar-refractivity contribution is 0.613. The molecule has 0 spiro atoms. The molecular weight excluding hydrogens is 289 g/mol. The predicted molar refractivity (Wildman–Crippen MR) is 64.2 cm³/mol. The van der Waals surface area contributed by atoms with Crippen molar-refractivity contribution in [3.05, 3.63) is 56.7 Å². The third-order valence-corrected chi connectivity index (χ3v) is 2.85. The molecule has 0 aromatic carbocycles. The molecule has 0 saturated carbocycles. The van der Waals surface area contributed by atoms with Crippen molar-refractivity contribution in [3.63, 3.8) is 0 Å². The van der Waals surface area contributed by atoms with Gasteiger partial charge >= 0.3 is 0 Å². The van der Waals surface area contributed by atoms with Crippen LogP contribution in [0, 0.1) is 12.7 Å². The van der Waals surface area contributed by atoms with Crippen LogP contribution in [0.1, 0.15) is 11.4 Å². The van der Waals surface area contributed by atoms with Gasteiger partial charge in [-0.3, -0.25) is 14.3 Å². The molecule has 0 N–H and O–H groups in total. The normalized spacial score (nSPS) is 10.5. The molecule has 0 bridgehead atoms. The summed E-state index contributed by atoms with van der Waals surface area (Å²) in [5.74, 6) is 0.151. The third kappa shape index (κ3) is 2.58. The summed E-state index contributed by atoms with van der Waals surface area (Å²) in [6.45, 7) is 1.97. The van der Waals surface area contributed by atoms with Crippen LogP contribution in [0.3, 0.4) is 0 Å². The highest BCUT2D eigenvalue weighted by Gasteiger charge is 2.06. The zero-order chi connectivity index (χ0) is 12.4. The maximum Gasteiger partial charge on any atom is 0.268 e. The topological polar surface area (TPSA) is 47.8 Å². The van der Waals surface area contributed by atoms with E-state index in [-0.39, 0.29) is 12.1 Å². The second-order valence-electron chi connectivity index (χ2n) is 3.56. The van der Waals surface area contributed by atoms with Crippen LogP contribution in [0.5, 0.6) is 0 Å². The Bertz CT molecular complexity index is 612. The summed E-state index contributed by atoms with van der Waals surface area (Å²) in [6.07, 6.45) is 4.10. The first-order valence-corrected chi connectivity index (χ1v) is 5.68. The van der Waals surface area contributed by atoms with Gasteiger partial charge in [0.2, 0.25) is 0 Å². The van der Waals surface area contributed by atoms with Gasteiger partial charge in [0.05, 0.1) is 12.7 Å². The van der Waals surface area contributed by atoms with Gasteiger partial charge in [-0.15, -0.1) is 0 Å². The minimum absolute atomic E-state index is 0.193. The Kier molecular flexibility index (Phi) is 3.33. The Morgan fingerprint density at radius 3 is 2.88 bits per heavy atom. The molecule has 0 aliphatic carbocycles. The van der Waals surface area contributed by atoms with Gasteiger partial charge in [-0.2, -0.15) is 0 Å². The van der Waals surface area contributed by atoms with Crippen LogP contribution in [0.2, 0.25) is 0 Å². The SMILES string of the molecule is Cc1ncc(Br)c(=O)n1Cc1cncc(F)c1. The summed E-state index contributed by atoms with van der Waals surface area (Å²) in [7, 11) is 0. The van der Waals surface area contributed by atoms with Gasteiger partial charge in [-0.05, 0) is 34.5 Å². The number of hydrogen-bond acceptors (Lipinski definition) is 3. The largest absolute Gasteiger partial charge is 0.291 e. The van der Waals surface area contributed by atoms with E-state index in [2.05, 4.69) is 25.9 Å². The van der Waals surface area contributed by atoms with E-state index < -0.39 is 5.82 Å². The zero-order valence-electron chi connectivity index (χ0n) is 9.02. The highest BCUT2D eigenvalue weighted by Crippen LogP contribution is 2.06. The molecule has 0 amide bonds. The average Bonchev–Trinajstić information content (AvgIpc) is 2.30. The van der Waals surface area contributed by atoms with E-state index in [1.165, 1.54) is 23.0 Å². The van der Waals surface area contributed by atoms with Gasteiger partial charge in [0.25, 0.3) is 5.56 Å². The van der Waals surface area contributed by atoms with Crippen LogP contribution in [0.4, 0.5) is 4.39 Å². The summed E-state index contributed by atoms with van der Waals surface area (Å²) in [6, 6.07) is 1.35. The standard InChI is InChI=1S/C11H9BrFN3O/c1-7-15-5-10(12)11(17)16(7)6-8-2-9(13)4-14-3-8/h2-5H,6H2,1H3. The smallest absolute Gasteiger partial charge is 0.268 e. The highest BCUT2D eigenvalue weighted by molar-refractivity contribution is 9.10. The fourth-order valence-electron chi connectivity index (χ4n) is 1.46. The van der Waals surface area contributed by atoms with Crippen molar-refractivity contribution in [2.45, 2.75) is 13.5 Å². The Morgan fingerprint density at radius 1 is 1.41 bits per heavy atom. The van der Waals surface area contributed by atoms with E-state index in [1.54, 1.807) is 6.92 Å². The Labute approximate surface area is 105 Å². The molecule has 0 aliphatic heterocycles. The maximum absolute atomic E-state index is 13.0. The molecule has 0 fully saturated rings. The summed E-state index contributed by atoms with van der Waals surface area (Å²) in [4.78, 5) is 19.6. The van der Waals surface area contributed by atoms with Gasteiger partial charge in [-0.25, -0.2) is 9.37 Å². The molecule has 0 saturated heterocycles. The monoisotopic (exact) mass is 297 g/mol. The highest BCUT2D eigenvalue weighted by atomic mass is 79.9. The summed E-state index contributed by atoms with van der Waals surface area (Å²) >= 11 is 3.12. The van der Waals surface area contributed by atoms with Crippen molar-refractivity contribution >= 4 is 15.9 Å². The van der Waals surface area contributed by atoms with E-state index in [1.807, 2.05) is 0 Å². The van der Waals surface area contributed by atoms with Crippen molar-refractivity contribution in [3.8, 4) is 0 Å². The predicted octanol–water partition coefficient (Wildman–Crippen LogP) is 1.90. The number of rotatable bonds is 2. The lowest BCUT2D eigenvalue weighted by atomic mass is 10.3. The molecule has 88 valence electrons. The first kappa shape index (κ1) is 11.9. The Morgan fingerprint density at radius 2 is 2.18 bits per heavy atom. The summed E-state index contributed by atoms with van der Waals surface area (Å²) in [5, 5.41) is 0. The molecule has 2 heterocycles. The number of halogens is 2. The number of pyridine rings is 1. The van der Waals surface area contributed by atoms with E-state index in [0.29, 0.717) is 15.9 Å². The fourth-order valence-corrected chi connectivity index (χ4v) is 1.78.